The summed E-state index contributed by atoms with van der Waals surface area (Å²) in [6.07, 6.45) is 1.86. The van der Waals surface area contributed by atoms with Gasteiger partial charge in [-0.05, 0) is 5.56 Å². The first-order valence-corrected chi connectivity index (χ1v) is 4.59. The first-order chi connectivity index (χ1) is 6.83. The van der Waals surface area contributed by atoms with E-state index < -0.39 is 0 Å². The van der Waals surface area contributed by atoms with E-state index in [1.54, 1.807) is 0 Å². The van der Waals surface area contributed by atoms with Crippen molar-refractivity contribution < 1.29 is 0 Å². The topological polar surface area (TPSA) is 43.8 Å². The lowest BCUT2D eigenvalue weighted by molar-refractivity contribution is 0.713. The molecule has 1 aromatic carbocycles. The van der Waals surface area contributed by atoms with Crippen molar-refractivity contribution >= 4 is 0 Å². The molecule has 0 aliphatic heterocycles. The normalized spacial score (nSPS) is 10.4. The van der Waals surface area contributed by atoms with E-state index in [0.29, 0.717) is 6.54 Å². The van der Waals surface area contributed by atoms with Crippen LogP contribution >= 0.6 is 0 Å². The summed E-state index contributed by atoms with van der Waals surface area (Å²) in [7, 11) is 1.91. The molecule has 3 nitrogen and oxygen atoms in total. The van der Waals surface area contributed by atoms with E-state index in [9.17, 15) is 0 Å². The first kappa shape index (κ1) is 8.97. The molecule has 0 fully saturated rings. The van der Waals surface area contributed by atoms with E-state index in [2.05, 4.69) is 17.2 Å². The van der Waals surface area contributed by atoms with Gasteiger partial charge in [0.2, 0.25) is 0 Å². The SMILES string of the molecule is Cn1ncc(-c2ccccc2)c1CN. The predicted molar refractivity (Wildman–Crippen MR) is 56.5 cm³/mol. The number of nitrogens with two attached hydrogens (primary N) is 1. The van der Waals surface area contributed by atoms with E-state index in [0.717, 1.165) is 11.3 Å². The summed E-state index contributed by atoms with van der Waals surface area (Å²) in [6.45, 7) is 0.515. The molecule has 0 aliphatic rings. The summed E-state index contributed by atoms with van der Waals surface area (Å²) >= 11 is 0. The van der Waals surface area contributed by atoms with Crippen LogP contribution < -0.4 is 5.73 Å². The van der Waals surface area contributed by atoms with E-state index in [4.69, 9.17) is 5.73 Å². The number of rotatable bonds is 2. The Morgan fingerprint density at radius 1 is 1.29 bits per heavy atom. The van der Waals surface area contributed by atoms with Gasteiger partial charge in [-0.25, -0.2) is 0 Å². The fraction of sp³-hybridized carbons (Fsp3) is 0.182. The van der Waals surface area contributed by atoms with E-state index in [1.165, 1.54) is 5.56 Å². The molecule has 0 amide bonds. The number of aromatic nitrogens is 2. The van der Waals surface area contributed by atoms with Crippen molar-refractivity contribution in [3.8, 4) is 11.1 Å². The van der Waals surface area contributed by atoms with Gasteiger partial charge in [0.1, 0.15) is 0 Å². The lowest BCUT2D eigenvalue weighted by Gasteiger charge is -2.02. The standard InChI is InChI=1S/C11H13N3/c1-14-11(7-12)10(8-13-14)9-5-3-2-4-6-9/h2-6,8H,7,12H2,1H3. The van der Waals surface area contributed by atoms with Gasteiger partial charge in [-0.3, -0.25) is 4.68 Å². The lowest BCUT2D eigenvalue weighted by atomic mass is 10.1. The second-order valence-corrected chi connectivity index (χ2v) is 3.20. The third-order valence-electron chi connectivity index (χ3n) is 2.34. The maximum Gasteiger partial charge on any atom is 0.0594 e. The monoisotopic (exact) mass is 187 g/mol. The fourth-order valence-corrected chi connectivity index (χ4v) is 1.56. The minimum absolute atomic E-state index is 0.515. The van der Waals surface area contributed by atoms with Crippen LogP contribution in [0.5, 0.6) is 0 Å². The van der Waals surface area contributed by atoms with Crippen molar-refractivity contribution in [2.75, 3.05) is 0 Å². The summed E-state index contributed by atoms with van der Waals surface area (Å²) in [5, 5.41) is 4.20. The smallest absolute Gasteiger partial charge is 0.0594 e. The van der Waals surface area contributed by atoms with Crippen LogP contribution in [0.4, 0.5) is 0 Å². The van der Waals surface area contributed by atoms with Gasteiger partial charge in [0.25, 0.3) is 0 Å². The molecule has 0 radical (unpaired) electrons. The van der Waals surface area contributed by atoms with Crippen molar-refractivity contribution in [1.82, 2.24) is 9.78 Å². The summed E-state index contributed by atoms with van der Waals surface area (Å²) in [5.74, 6) is 0. The van der Waals surface area contributed by atoms with Crippen molar-refractivity contribution in [2.45, 2.75) is 6.54 Å². The van der Waals surface area contributed by atoms with Gasteiger partial charge in [-0.2, -0.15) is 5.10 Å². The summed E-state index contributed by atoms with van der Waals surface area (Å²) in [4.78, 5) is 0. The highest BCUT2D eigenvalue weighted by Gasteiger charge is 2.07. The molecule has 0 bridgehead atoms. The molecule has 0 atom stereocenters. The van der Waals surface area contributed by atoms with Crippen LogP contribution in [-0.2, 0) is 13.6 Å². The highest BCUT2D eigenvalue weighted by Crippen LogP contribution is 2.22. The molecule has 1 aromatic heterocycles. The molecule has 0 aliphatic carbocycles. The van der Waals surface area contributed by atoms with Gasteiger partial charge in [0, 0.05) is 19.2 Å². The molecular formula is C11H13N3. The van der Waals surface area contributed by atoms with Crippen molar-refractivity contribution in [1.29, 1.82) is 0 Å². The quantitative estimate of drug-likeness (QED) is 0.775. The van der Waals surface area contributed by atoms with Crippen LogP contribution in [0, 0.1) is 0 Å². The molecule has 0 saturated heterocycles. The molecule has 2 aromatic rings. The number of aryl methyl sites for hydroxylation is 1. The van der Waals surface area contributed by atoms with Gasteiger partial charge >= 0.3 is 0 Å². The minimum Gasteiger partial charge on any atom is -0.325 e. The highest BCUT2D eigenvalue weighted by molar-refractivity contribution is 5.65. The largest absolute Gasteiger partial charge is 0.325 e. The molecule has 2 N–H and O–H groups in total. The summed E-state index contributed by atoms with van der Waals surface area (Å²) < 4.78 is 1.82. The van der Waals surface area contributed by atoms with Gasteiger partial charge in [-0.15, -0.1) is 0 Å². The number of hydrogen-bond acceptors (Lipinski definition) is 2. The second-order valence-electron chi connectivity index (χ2n) is 3.20. The highest BCUT2D eigenvalue weighted by atomic mass is 15.3. The predicted octanol–water partition coefficient (Wildman–Crippen LogP) is 1.55. The Kier molecular flexibility index (Phi) is 2.33. The Morgan fingerprint density at radius 3 is 2.64 bits per heavy atom. The maximum atomic E-state index is 5.67. The summed E-state index contributed by atoms with van der Waals surface area (Å²) in [5.41, 5.74) is 9.03. The zero-order valence-corrected chi connectivity index (χ0v) is 8.14. The van der Waals surface area contributed by atoms with Crippen LogP contribution in [0.25, 0.3) is 11.1 Å². The van der Waals surface area contributed by atoms with E-state index in [-0.39, 0.29) is 0 Å². The zero-order chi connectivity index (χ0) is 9.97. The fourth-order valence-electron chi connectivity index (χ4n) is 1.56. The van der Waals surface area contributed by atoms with Crippen molar-refractivity contribution in [2.24, 2.45) is 12.8 Å². The number of benzene rings is 1. The molecule has 72 valence electrons. The lowest BCUT2D eigenvalue weighted by Crippen LogP contribution is -2.05. The van der Waals surface area contributed by atoms with Crippen LogP contribution in [-0.4, -0.2) is 9.78 Å². The second kappa shape index (κ2) is 3.64. The van der Waals surface area contributed by atoms with Crippen LogP contribution in [0.3, 0.4) is 0 Å². The average Bonchev–Trinajstić information content (AvgIpc) is 2.61. The van der Waals surface area contributed by atoms with Gasteiger partial charge in [0.05, 0.1) is 11.9 Å². The van der Waals surface area contributed by atoms with E-state index in [1.807, 2.05) is 36.1 Å². The van der Waals surface area contributed by atoms with Gasteiger partial charge in [-0.1, -0.05) is 30.3 Å². The molecule has 14 heavy (non-hydrogen) atoms. The Hall–Kier alpha value is -1.61. The number of hydrogen-bond donors (Lipinski definition) is 1. The molecule has 0 spiro atoms. The molecule has 1 heterocycles. The molecule has 3 heteroatoms. The third-order valence-corrected chi connectivity index (χ3v) is 2.34. The Balaban J connectivity index is 2.52. The van der Waals surface area contributed by atoms with Crippen LogP contribution in [0.1, 0.15) is 5.69 Å². The summed E-state index contributed by atoms with van der Waals surface area (Å²) in [6, 6.07) is 10.2. The van der Waals surface area contributed by atoms with E-state index >= 15 is 0 Å². The Labute approximate surface area is 83.2 Å². The van der Waals surface area contributed by atoms with Gasteiger partial charge < -0.3 is 5.73 Å². The maximum absolute atomic E-state index is 5.67. The third kappa shape index (κ3) is 1.42. The zero-order valence-electron chi connectivity index (χ0n) is 8.14. The average molecular weight is 187 g/mol. The molecule has 0 saturated carbocycles. The van der Waals surface area contributed by atoms with Crippen LogP contribution in [0.2, 0.25) is 0 Å². The molecule has 0 unspecified atom stereocenters. The van der Waals surface area contributed by atoms with Crippen molar-refractivity contribution in [3.05, 3.63) is 42.2 Å². The van der Waals surface area contributed by atoms with Gasteiger partial charge in [0.15, 0.2) is 0 Å². The number of nitrogens with zero attached hydrogens (tertiary/aromatic N) is 2. The molecule has 2 rings (SSSR count). The van der Waals surface area contributed by atoms with Crippen LogP contribution in [0.15, 0.2) is 36.5 Å². The first-order valence-electron chi connectivity index (χ1n) is 4.59. The van der Waals surface area contributed by atoms with Crippen molar-refractivity contribution in [3.63, 3.8) is 0 Å². The molecular weight excluding hydrogens is 174 g/mol. The Bertz CT molecular complexity index is 417. The Morgan fingerprint density at radius 2 is 2.00 bits per heavy atom. The minimum atomic E-state index is 0.515.